The summed E-state index contributed by atoms with van der Waals surface area (Å²) in [6.45, 7) is 2.53. The molecule has 7 heteroatoms. The molecule has 1 unspecified atom stereocenters. The molecule has 2 heterocycles. The van der Waals surface area contributed by atoms with E-state index >= 15 is 0 Å². The lowest BCUT2D eigenvalue weighted by Crippen LogP contribution is -2.36. The third-order valence-corrected chi connectivity index (χ3v) is 7.95. The van der Waals surface area contributed by atoms with Gasteiger partial charge in [-0.15, -0.1) is 23.7 Å². The lowest BCUT2D eigenvalue weighted by molar-refractivity contribution is 0.184. The Morgan fingerprint density at radius 2 is 1.96 bits per heavy atom. The van der Waals surface area contributed by atoms with E-state index in [2.05, 4.69) is 27.8 Å². The molecule has 1 aliphatic heterocycles. The van der Waals surface area contributed by atoms with Crippen molar-refractivity contribution in [2.24, 2.45) is 0 Å². The van der Waals surface area contributed by atoms with E-state index in [0.29, 0.717) is 16.8 Å². The average Bonchev–Trinajstić information content (AvgIpc) is 3.25. The van der Waals surface area contributed by atoms with Crippen molar-refractivity contribution in [2.75, 3.05) is 19.6 Å². The van der Waals surface area contributed by atoms with Crippen molar-refractivity contribution in [3.8, 4) is 0 Å². The molecule has 0 amide bonds. The van der Waals surface area contributed by atoms with Gasteiger partial charge < -0.3 is 0 Å². The lowest BCUT2D eigenvalue weighted by atomic mass is 9.93. The van der Waals surface area contributed by atoms with Crippen LogP contribution in [0.5, 0.6) is 0 Å². The van der Waals surface area contributed by atoms with Crippen LogP contribution >= 0.6 is 23.7 Å². The van der Waals surface area contributed by atoms with Crippen LogP contribution in [0, 0.1) is 0 Å². The molecule has 1 aromatic heterocycles. The SMILES string of the molecule is Cl.O=S(=O)(NCCCN1CCc2cccc3c2C1CC3)c1cccs1. The Morgan fingerprint density at radius 1 is 1.16 bits per heavy atom. The molecule has 2 aromatic rings. The third kappa shape index (κ3) is 3.78. The summed E-state index contributed by atoms with van der Waals surface area (Å²) >= 11 is 1.26. The summed E-state index contributed by atoms with van der Waals surface area (Å²) < 4.78 is 27.4. The van der Waals surface area contributed by atoms with E-state index in [-0.39, 0.29) is 12.4 Å². The van der Waals surface area contributed by atoms with Crippen LogP contribution in [0.2, 0.25) is 0 Å². The number of aryl methyl sites for hydroxylation is 1. The summed E-state index contributed by atoms with van der Waals surface area (Å²) in [5.74, 6) is 0. The number of sulfonamides is 1. The first-order valence-electron chi connectivity index (χ1n) is 8.53. The minimum absolute atomic E-state index is 0. The molecular weight excluding hydrogens is 376 g/mol. The molecule has 2 aliphatic rings. The summed E-state index contributed by atoms with van der Waals surface area (Å²) in [5.41, 5.74) is 4.59. The summed E-state index contributed by atoms with van der Waals surface area (Å²) in [5, 5.41) is 1.79. The van der Waals surface area contributed by atoms with Gasteiger partial charge in [0.05, 0.1) is 0 Å². The topological polar surface area (TPSA) is 49.4 Å². The smallest absolute Gasteiger partial charge is 0.250 e. The Hall–Kier alpha value is -0.920. The Bertz CT molecular complexity index is 822. The highest BCUT2D eigenvalue weighted by molar-refractivity contribution is 7.91. The first-order valence-corrected chi connectivity index (χ1v) is 10.9. The molecule has 0 bridgehead atoms. The normalized spacial score (nSPS) is 19.4. The van der Waals surface area contributed by atoms with Crippen molar-refractivity contribution >= 4 is 33.8 Å². The number of halogens is 1. The second-order valence-corrected chi connectivity index (χ2v) is 9.46. The average molecular weight is 399 g/mol. The molecule has 4 rings (SSSR count). The lowest BCUT2D eigenvalue weighted by Gasteiger charge is -2.35. The van der Waals surface area contributed by atoms with Crippen LogP contribution in [-0.2, 0) is 22.9 Å². The predicted octanol–water partition coefficient (Wildman–Crippen LogP) is 3.38. The zero-order valence-corrected chi connectivity index (χ0v) is 16.4. The van der Waals surface area contributed by atoms with E-state index in [1.165, 1.54) is 35.3 Å². The minimum atomic E-state index is -3.33. The van der Waals surface area contributed by atoms with Gasteiger partial charge in [0.15, 0.2) is 0 Å². The summed E-state index contributed by atoms with van der Waals surface area (Å²) in [6, 6.07) is 10.7. The summed E-state index contributed by atoms with van der Waals surface area (Å²) in [4.78, 5) is 2.54. The maximum absolute atomic E-state index is 12.1. The number of nitrogens with one attached hydrogen (secondary N) is 1. The van der Waals surface area contributed by atoms with Gasteiger partial charge in [-0.1, -0.05) is 24.3 Å². The van der Waals surface area contributed by atoms with Gasteiger partial charge >= 0.3 is 0 Å². The highest BCUT2D eigenvalue weighted by Gasteiger charge is 2.32. The van der Waals surface area contributed by atoms with Crippen LogP contribution in [0.4, 0.5) is 0 Å². The highest BCUT2D eigenvalue weighted by atomic mass is 35.5. The number of hydrogen-bond donors (Lipinski definition) is 1. The quantitative estimate of drug-likeness (QED) is 0.759. The molecule has 4 nitrogen and oxygen atoms in total. The van der Waals surface area contributed by atoms with E-state index in [0.717, 1.165) is 25.9 Å². The van der Waals surface area contributed by atoms with Crippen molar-refractivity contribution in [2.45, 2.75) is 35.9 Å². The van der Waals surface area contributed by atoms with Crippen molar-refractivity contribution in [1.29, 1.82) is 0 Å². The predicted molar refractivity (Wildman–Crippen MR) is 104 cm³/mol. The van der Waals surface area contributed by atoms with Gasteiger partial charge in [0.2, 0.25) is 10.0 Å². The van der Waals surface area contributed by atoms with Crippen LogP contribution in [-0.4, -0.2) is 33.0 Å². The Labute approximate surface area is 159 Å². The maximum Gasteiger partial charge on any atom is 0.250 e. The summed E-state index contributed by atoms with van der Waals surface area (Å²) in [7, 11) is -3.33. The van der Waals surface area contributed by atoms with E-state index < -0.39 is 10.0 Å². The number of hydrogen-bond acceptors (Lipinski definition) is 4. The fourth-order valence-corrected chi connectivity index (χ4v) is 6.11. The molecule has 1 atom stereocenters. The second-order valence-electron chi connectivity index (χ2n) is 6.51. The van der Waals surface area contributed by atoms with Gasteiger partial charge in [0.25, 0.3) is 0 Å². The molecule has 0 radical (unpaired) electrons. The number of benzene rings is 1. The van der Waals surface area contributed by atoms with E-state index in [4.69, 9.17) is 0 Å². The van der Waals surface area contributed by atoms with Gasteiger partial charge in [-0.05, 0) is 53.8 Å². The largest absolute Gasteiger partial charge is 0.296 e. The van der Waals surface area contributed by atoms with Gasteiger partial charge in [0.1, 0.15) is 4.21 Å². The second kappa shape index (κ2) is 7.76. The zero-order chi connectivity index (χ0) is 16.6. The maximum atomic E-state index is 12.1. The molecule has 0 saturated heterocycles. The van der Waals surface area contributed by atoms with Gasteiger partial charge in [-0.25, -0.2) is 13.1 Å². The van der Waals surface area contributed by atoms with Crippen LogP contribution < -0.4 is 4.72 Å². The van der Waals surface area contributed by atoms with Crippen LogP contribution in [0.3, 0.4) is 0 Å². The fraction of sp³-hybridized carbons (Fsp3) is 0.444. The van der Waals surface area contributed by atoms with Gasteiger partial charge in [0, 0.05) is 25.7 Å². The highest BCUT2D eigenvalue weighted by Crippen LogP contribution is 2.41. The molecule has 0 fully saturated rings. The third-order valence-electron chi connectivity index (χ3n) is 5.09. The molecule has 1 N–H and O–H groups in total. The van der Waals surface area contributed by atoms with E-state index in [9.17, 15) is 8.42 Å². The standard InChI is InChI=1S/C18H22N2O2S2.ClH/c21-24(22,17-6-2-13-23-17)19-10-3-11-20-12-9-15-5-1-4-14-7-8-16(20)18(14)15;/h1-2,4-6,13,16,19H,3,7-12H2;1H. The van der Waals surface area contributed by atoms with Crippen LogP contribution in [0.15, 0.2) is 39.9 Å². The van der Waals surface area contributed by atoms with E-state index in [1.807, 2.05) is 0 Å². The molecule has 136 valence electrons. The Kier molecular flexibility index (Phi) is 5.85. The first-order chi connectivity index (χ1) is 11.6. The number of rotatable bonds is 6. The van der Waals surface area contributed by atoms with E-state index in [1.54, 1.807) is 23.1 Å². The molecule has 0 saturated carbocycles. The molecule has 1 aromatic carbocycles. The minimum Gasteiger partial charge on any atom is -0.296 e. The van der Waals surface area contributed by atoms with Crippen molar-refractivity contribution in [1.82, 2.24) is 9.62 Å². The Balaban J connectivity index is 0.00000182. The van der Waals surface area contributed by atoms with Gasteiger partial charge in [-0.2, -0.15) is 0 Å². The number of thiophene rings is 1. The fourth-order valence-electron chi connectivity index (χ4n) is 4.00. The molecular formula is C18H23ClN2O2S2. The molecule has 0 spiro atoms. The zero-order valence-electron chi connectivity index (χ0n) is 14.0. The Morgan fingerprint density at radius 3 is 2.72 bits per heavy atom. The monoisotopic (exact) mass is 398 g/mol. The number of nitrogens with zero attached hydrogens (tertiary/aromatic N) is 1. The summed E-state index contributed by atoms with van der Waals surface area (Å²) in [6.07, 6.45) is 4.34. The van der Waals surface area contributed by atoms with Crippen molar-refractivity contribution < 1.29 is 8.42 Å². The molecule has 1 aliphatic carbocycles. The van der Waals surface area contributed by atoms with Crippen LogP contribution in [0.25, 0.3) is 0 Å². The molecule has 25 heavy (non-hydrogen) atoms. The van der Waals surface area contributed by atoms with Crippen molar-refractivity contribution in [3.63, 3.8) is 0 Å². The van der Waals surface area contributed by atoms with Crippen molar-refractivity contribution in [3.05, 3.63) is 52.4 Å². The van der Waals surface area contributed by atoms with Crippen LogP contribution in [0.1, 0.15) is 35.6 Å². The van der Waals surface area contributed by atoms with Gasteiger partial charge in [-0.3, -0.25) is 4.90 Å². The first kappa shape index (κ1) is 18.9.